The van der Waals surface area contributed by atoms with Crippen molar-refractivity contribution in [2.45, 2.75) is 13.5 Å². The van der Waals surface area contributed by atoms with Gasteiger partial charge in [-0.25, -0.2) is 4.39 Å². The third-order valence-corrected chi connectivity index (χ3v) is 3.36. The lowest BCUT2D eigenvalue weighted by molar-refractivity contribution is 0.408. The van der Waals surface area contributed by atoms with Crippen LogP contribution in [0.3, 0.4) is 0 Å². The summed E-state index contributed by atoms with van der Waals surface area (Å²) in [5, 5.41) is 4.01. The van der Waals surface area contributed by atoms with Gasteiger partial charge in [-0.15, -0.1) is 0 Å². The van der Waals surface area contributed by atoms with Gasteiger partial charge in [0.2, 0.25) is 0 Å². The molecule has 3 nitrogen and oxygen atoms in total. The molecule has 3 rings (SSSR count). The third-order valence-electron chi connectivity index (χ3n) is 3.36. The number of anilines is 1. The first kappa shape index (κ1) is 13.5. The summed E-state index contributed by atoms with van der Waals surface area (Å²) in [6, 6.07) is 12.7. The van der Waals surface area contributed by atoms with E-state index in [2.05, 4.69) is 5.32 Å². The van der Waals surface area contributed by atoms with Gasteiger partial charge in [-0.2, -0.15) is 0 Å². The van der Waals surface area contributed by atoms with Crippen LogP contribution in [0, 0.1) is 12.7 Å². The number of hydrogen-bond donors (Lipinski definition) is 1. The van der Waals surface area contributed by atoms with Crippen LogP contribution in [0.2, 0.25) is 0 Å². The van der Waals surface area contributed by atoms with Crippen LogP contribution >= 0.6 is 0 Å². The molecule has 0 unspecified atom stereocenters. The van der Waals surface area contributed by atoms with Crippen LogP contribution in [0.4, 0.5) is 10.1 Å². The first-order valence-corrected chi connectivity index (χ1v) is 6.73. The van der Waals surface area contributed by atoms with E-state index in [9.17, 15) is 4.39 Å². The van der Waals surface area contributed by atoms with Crippen molar-refractivity contribution in [3.05, 3.63) is 59.6 Å². The van der Waals surface area contributed by atoms with Crippen molar-refractivity contribution in [1.82, 2.24) is 0 Å². The van der Waals surface area contributed by atoms with Crippen molar-refractivity contribution in [2.24, 2.45) is 0 Å². The van der Waals surface area contributed by atoms with Crippen LogP contribution in [-0.2, 0) is 6.54 Å². The standard InChI is InChI=1S/C17H16FNO2/c1-11-6-7-15(14(18)8-11)19-10-13-9-12-4-3-5-16(20-2)17(12)21-13/h3-9,19H,10H2,1-2H3. The van der Waals surface area contributed by atoms with Gasteiger partial charge in [0, 0.05) is 5.39 Å². The monoisotopic (exact) mass is 285 g/mol. The third kappa shape index (κ3) is 2.70. The SMILES string of the molecule is COc1cccc2cc(CNc3ccc(C)cc3F)oc12. The Labute approximate surface area is 122 Å². The molecule has 0 saturated carbocycles. The van der Waals surface area contributed by atoms with Crippen molar-refractivity contribution in [1.29, 1.82) is 0 Å². The molecule has 0 aliphatic rings. The van der Waals surface area contributed by atoms with Gasteiger partial charge < -0.3 is 14.5 Å². The lowest BCUT2D eigenvalue weighted by Gasteiger charge is -2.06. The second-order valence-electron chi connectivity index (χ2n) is 4.93. The molecule has 0 spiro atoms. The Hall–Kier alpha value is -2.49. The van der Waals surface area contributed by atoms with E-state index in [4.69, 9.17) is 9.15 Å². The second-order valence-corrected chi connectivity index (χ2v) is 4.93. The van der Waals surface area contributed by atoms with E-state index in [1.54, 1.807) is 13.2 Å². The topological polar surface area (TPSA) is 34.4 Å². The summed E-state index contributed by atoms with van der Waals surface area (Å²) in [7, 11) is 1.61. The van der Waals surface area contributed by atoms with E-state index >= 15 is 0 Å². The number of rotatable bonds is 4. The van der Waals surface area contributed by atoms with Crippen LogP contribution in [0.15, 0.2) is 46.9 Å². The molecule has 0 aliphatic heterocycles. The van der Waals surface area contributed by atoms with Gasteiger partial charge in [-0.3, -0.25) is 0 Å². The first-order valence-electron chi connectivity index (χ1n) is 6.73. The Morgan fingerprint density at radius 1 is 1.19 bits per heavy atom. The zero-order valence-corrected chi connectivity index (χ0v) is 11.9. The Morgan fingerprint density at radius 2 is 2.05 bits per heavy atom. The average molecular weight is 285 g/mol. The fraction of sp³-hybridized carbons (Fsp3) is 0.176. The van der Waals surface area contributed by atoms with Crippen molar-refractivity contribution >= 4 is 16.7 Å². The number of furan rings is 1. The second kappa shape index (κ2) is 5.48. The summed E-state index contributed by atoms with van der Waals surface area (Å²) in [4.78, 5) is 0. The number of ether oxygens (including phenoxy) is 1. The van der Waals surface area contributed by atoms with Gasteiger partial charge in [-0.1, -0.05) is 18.2 Å². The summed E-state index contributed by atoms with van der Waals surface area (Å²) in [6.45, 7) is 2.27. The molecule has 0 amide bonds. The lowest BCUT2D eigenvalue weighted by Crippen LogP contribution is -2.00. The molecule has 0 aliphatic carbocycles. The molecule has 0 bridgehead atoms. The Balaban J connectivity index is 1.82. The Morgan fingerprint density at radius 3 is 2.81 bits per heavy atom. The summed E-state index contributed by atoms with van der Waals surface area (Å²) >= 11 is 0. The fourth-order valence-corrected chi connectivity index (χ4v) is 2.28. The van der Waals surface area contributed by atoms with Gasteiger partial charge in [-0.05, 0) is 36.8 Å². The highest BCUT2D eigenvalue weighted by atomic mass is 19.1. The molecular weight excluding hydrogens is 269 g/mol. The maximum atomic E-state index is 13.8. The molecule has 21 heavy (non-hydrogen) atoms. The molecule has 4 heteroatoms. The van der Waals surface area contributed by atoms with E-state index in [0.29, 0.717) is 23.6 Å². The maximum Gasteiger partial charge on any atom is 0.176 e. The molecule has 1 aromatic heterocycles. The summed E-state index contributed by atoms with van der Waals surface area (Å²) in [5.74, 6) is 1.17. The molecule has 2 aromatic carbocycles. The average Bonchev–Trinajstić information content (AvgIpc) is 2.89. The van der Waals surface area contributed by atoms with Crippen molar-refractivity contribution in [3.63, 3.8) is 0 Å². The predicted molar refractivity (Wildman–Crippen MR) is 81.2 cm³/mol. The van der Waals surface area contributed by atoms with Crippen molar-refractivity contribution in [2.75, 3.05) is 12.4 Å². The van der Waals surface area contributed by atoms with Gasteiger partial charge in [0.1, 0.15) is 11.6 Å². The van der Waals surface area contributed by atoms with Gasteiger partial charge in [0.15, 0.2) is 11.3 Å². The van der Waals surface area contributed by atoms with E-state index in [-0.39, 0.29) is 5.82 Å². The number of fused-ring (bicyclic) bond motifs is 1. The smallest absolute Gasteiger partial charge is 0.176 e. The zero-order valence-electron chi connectivity index (χ0n) is 11.9. The molecule has 0 atom stereocenters. The number of nitrogens with one attached hydrogen (secondary N) is 1. The number of benzene rings is 2. The summed E-state index contributed by atoms with van der Waals surface area (Å²) in [6.07, 6.45) is 0. The predicted octanol–water partition coefficient (Wildman–Crippen LogP) is 4.50. The Kier molecular flexibility index (Phi) is 3.52. The normalized spacial score (nSPS) is 10.8. The minimum Gasteiger partial charge on any atom is -0.493 e. The molecule has 1 N–H and O–H groups in total. The van der Waals surface area contributed by atoms with E-state index < -0.39 is 0 Å². The number of halogens is 1. The summed E-state index contributed by atoms with van der Waals surface area (Å²) in [5.41, 5.74) is 2.07. The minimum atomic E-state index is -0.260. The molecule has 0 radical (unpaired) electrons. The highest BCUT2D eigenvalue weighted by molar-refractivity contribution is 5.83. The summed E-state index contributed by atoms with van der Waals surface area (Å²) < 4.78 is 24.8. The number of methoxy groups -OCH3 is 1. The molecule has 108 valence electrons. The highest BCUT2D eigenvalue weighted by Crippen LogP contribution is 2.28. The number of para-hydroxylation sites is 1. The minimum absolute atomic E-state index is 0.260. The van der Waals surface area contributed by atoms with E-state index in [1.165, 1.54) is 6.07 Å². The largest absolute Gasteiger partial charge is 0.493 e. The van der Waals surface area contributed by atoms with Gasteiger partial charge in [0.25, 0.3) is 0 Å². The fourth-order valence-electron chi connectivity index (χ4n) is 2.28. The Bertz CT molecular complexity index is 780. The molecule has 0 saturated heterocycles. The van der Waals surface area contributed by atoms with Crippen LogP contribution < -0.4 is 10.1 Å². The first-order chi connectivity index (χ1) is 10.2. The van der Waals surface area contributed by atoms with Crippen LogP contribution in [-0.4, -0.2) is 7.11 Å². The molecular formula is C17H16FNO2. The molecule has 3 aromatic rings. The van der Waals surface area contributed by atoms with Crippen molar-refractivity contribution in [3.8, 4) is 5.75 Å². The zero-order chi connectivity index (χ0) is 14.8. The quantitative estimate of drug-likeness (QED) is 0.766. The van der Waals surface area contributed by atoms with Crippen molar-refractivity contribution < 1.29 is 13.5 Å². The van der Waals surface area contributed by atoms with E-state index in [1.807, 2.05) is 37.3 Å². The maximum absolute atomic E-state index is 13.8. The van der Waals surface area contributed by atoms with Crippen LogP contribution in [0.1, 0.15) is 11.3 Å². The van der Waals surface area contributed by atoms with E-state index in [0.717, 1.165) is 16.7 Å². The highest BCUT2D eigenvalue weighted by Gasteiger charge is 2.09. The number of hydrogen-bond acceptors (Lipinski definition) is 3. The molecule has 0 fully saturated rings. The van der Waals surface area contributed by atoms with Gasteiger partial charge >= 0.3 is 0 Å². The molecule has 1 heterocycles. The van der Waals surface area contributed by atoms with Crippen LogP contribution in [0.25, 0.3) is 11.0 Å². The van der Waals surface area contributed by atoms with Crippen LogP contribution in [0.5, 0.6) is 5.75 Å². The van der Waals surface area contributed by atoms with Gasteiger partial charge in [0.05, 0.1) is 19.3 Å². The number of aryl methyl sites for hydroxylation is 1. The lowest BCUT2D eigenvalue weighted by atomic mass is 10.2.